The predicted molar refractivity (Wildman–Crippen MR) is 63.5 cm³/mol. The number of hydrogen-bond acceptors (Lipinski definition) is 3. The molecule has 1 aromatic heterocycles. The second kappa shape index (κ2) is 4.74. The van der Waals surface area contributed by atoms with Crippen LogP contribution < -0.4 is 0 Å². The van der Waals surface area contributed by atoms with E-state index in [1.165, 1.54) is 0 Å². The molecule has 86 valence electrons. The van der Waals surface area contributed by atoms with Gasteiger partial charge in [0.05, 0.1) is 18.3 Å². The summed E-state index contributed by atoms with van der Waals surface area (Å²) in [5, 5.41) is 16.4. The summed E-state index contributed by atoms with van der Waals surface area (Å²) in [6, 6.07) is 9.31. The fraction of sp³-hybridized carbons (Fsp3) is 0.154. The van der Waals surface area contributed by atoms with E-state index in [2.05, 4.69) is 10.2 Å². The van der Waals surface area contributed by atoms with Gasteiger partial charge in [0, 0.05) is 5.56 Å². The van der Waals surface area contributed by atoms with E-state index in [-0.39, 0.29) is 0 Å². The van der Waals surface area contributed by atoms with Crippen LogP contribution in [-0.4, -0.2) is 21.3 Å². The Bertz CT molecular complexity index is 509. The molecule has 17 heavy (non-hydrogen) atoms. The summed E-state index contributed by atoms with van der Waals surface area (Å²) in [5.74, 6) is -1.30. The Morgan fingerprint density at radius 3 is 2.35 bits per heavy atom. The van der Waals surface area contributed by atoms with Crippen LogP contribution in [0.4, 0.5) is 0 Å². The quantitative estimate of drug-likeness (QED) is 0.875. The van der Waals surface area contributed by atoms with Crippen LogP contribution in [0.25, 0.3) is 11.1 Å². The van der Waals surface area contributed by atoms with Gasteiger partial charge in [-0.3, -0.25) is 4.79 Å². The predicted octanol–water partition coefficient (Wildman–Crippen LogP) is 2.33. The SMILES string of the molecule is CC(C(=O)O)c1ccc(-c2ccnnc2)cc1. The van der Waals surface area contributed by atoms with Gasteiger partial charge in [-0.2, -0.15) is 10.2 Å². The Morgan fingerprint density at radius 1 is 1.12 bits per heavy atom. The van der Waals surface area contributed by atoms with Crippen LogP contribution in [0.15, 0.2) is 42.7 Å². The van der Waals surface area contributed by atoms with E-state index in [0.29, 0.717) is 0 Å². The summed E-state index contributed by atoms with van der Waals surface area (Å²) in [7, 11) is 0. The van der Waals surface area contributed by atoms with E-state index >= 15 is 0 Å². The minimum absolute atomic E-state index is 0.486. The van der Waals surface area contributed by atoms with Crippen molar-refractivity contribution in [3.63, 3.8) is 0 Å². The standard InChI is InChI=1S/C13H12N2O2/c1-9(13(16)17)10-2-4-11(5-3-10)12-6-7-14-15-8-12/h2-9H,1H3,(H,16,17). The molecule has 0 saturated carbocycles. The molecule has 1 unspecified atom stereocenters. The number of aliphatic carboxylic acids is 1. The van der Waals surface area contributed by atoms with Crippen LogP contribution >= 0.6 is 0 Å². The zero-order valence-corrected chi connectivity index (χ0v) is 9.37. The van der Waals surface area contributed by atoms with Gasteiger partial charge in [0.25, 0.3) is 0 Å². The zero-order chi connectivity index (χ0) is 12.3. The Kier molecular flexibility index (Phi) is 3.14. The Morgan fingerprint density at radius 2 is 1.82 bits per heavy atom. The fourth-order valence-corrected chi connectivity index (χ4v) is 1.57. The smallest absolute Gasteiger partial charge is 0.310 e. The molecule has 0 saturated heterocycles. The van der Waals surface area contributed by atoms with Crippen molar-refractivity contribution >= 4 is 5.97 Å². The van der Waals surface area contributed by atoms with E-state index < -0.39 is 11.9 Å². The fourth-order valence-electron chi connectivity index (χ4n) is 1.57. The molecule has 1 aromatic carbocycles. The Labute approximate surface area is 98.9 Å². The molecule has 0 amide bonds. The number of carbonyl (C=O) groups is 1. The third kappa shape index (κ3) is 2.47. The lowest BCUT2D eigenvalue weighted by molar-refractivity contribution is -0.138. The highest BCUT2D eigenvalue weighted by Crippen LogP contribution is 2.21. The zero-order valence-electron chi connectivity index (χ0n) is 9.37. The average Bonchev–Trinajstić information content (AvgIpc) is 2.39. The third-order valence-electron chi connectivity index (χ3n) is 2.70. The second-order valence-electron chi connectivity index (χ2n) is 3.81. The minimum atomic E-state index is -0.816. The molecule has 1 N–H and O–H groups in total. The summed E-state index contributed by atoms with van der Waals surface area (Å²) in [4.78, 5) is 10.8. The summed E-state index contributed by atoms with van der Waals surface area (Å²) in [6.07, 6.45) is 3.30. The van der Waals surface area contributed by atoms with Gasteiger partial charge in [-0.25, -0.2) is 0 Å². The van der Waals surface area contributed by atoms with Crippen molar-refractivity contribution in [1.29, 1.82) is 0 Å². The van der Waals surface area contributed by atoms with Gasteiger partial charge in [-0.05, 0) is 24.1 Å². The molecule has 0 aliphatic carbocycles. The number of aromatic nitrogens is 2. The minimum Gasteiger partial charge on any atom is -0.481 e. The van der Waals surface area contributed by atoms with Crippen molar-refractivity contribution in [3.8, 4) is 11.1 Å². The monoisotopic (exact) mass is 228 g/mol. The highest BCUT2D eigenvalue weighted by molar-refractivity contribution is 5.76. The maximum atomic E-state index is 10.8. The van der Waals surface area contributed by atoms with Gasteiger partial charge >= 0.3 is 5.97 Å². The lowest BCUT2D eigenvalue weighted by Crippen LogP contribution is -2.06. The molecule has 1 atom stereocenters. The van der Waals surface area contributed by atoms with Crippen LogP contribution in [0.2, 0.25) is 0 Å². The van der Waals surface area contributed by atoms with Gasteiger partial charge in [-0.1, -0.05) is 24.3 Å². The molecule has 2 aromatic rings. The van der Waals surface area contributed by atoms with Gasteiger partial charge < -0.3 is 5.11 Å². The Balaban J connectivity index is 2.28. The topological polar surface area (TPSA) is 63.1 Å². The number of carboxylic acids is 1. The summed E-state index contributed by atoms with van der Waals surface area (Å²) in [5.41, 5.74) is 2.76. The van der Waals surface area contributed by atoms with Crippen LogP contribution in [0.3, 0.4) is 0 Å². The van der Waals surface area contributed by atoms with E-state index in [1.807, 2.05) is 30.3 Å². The van der Waals surface area contributed by atoms with Crippen molar-refractivity contribution in [3.05, 3.63) is 48.3 Å². The van der Waals surface area contributed by atoms with Crippen LogP contribution in [-0.2, 0) is 4.79 Å². The first-order chi connectivity index (χ1) is 8.18. The van der Waals surface area contributed by atoms with Crippen molar-refractivity contribution in [2.24, 2.45) is 0 Å². The molecule has 0 aliphatic rings. The molecule has 2 rings (SSSR count). The number of rotatable bonds is 3. The second-order valence-corrected chi connectivity index (χ2v) is 3.81. The Hall–Kier alpha value is -2.23. The first-order valence-electron chi connectivity index (χ1n) is 5.28. The molecule has 4 nitrogen and oxygen atoms in total. The summed E-state index contributed by atoms with van der Waals surface area (Å²) < 4.78 is 0. The normalized spacial score (nSPS) is 12.1. The largest absolute Gasteiger partial charge is 0.481 e. The highest BCUT2D eigenvalue weighted by atomic mass is 16.4. The first-order valence-corrected chi connectivity index (χ1v) is 5.28. The maximum absolute atomic E-state index is 10.8. The van der Waals surface area contributed by atoms with Gasteiger partial charge in [0.1, 0.15) is 0 Å². The molecular formula is C13H12N2O2. The molecule has 0 radical (unpaired) electrons. The van der Waals surface area contributed by atoms with Crippen LogP contribution in [0.5, 0.6) is 0 Å². The molecular weight excluding hydrogens is 216 g/mol. The van der Waals surface area contributed by atoms with Crippen LogP contribution in [0, 0.1) is 0 Å². The van der Waals surface area contributed by atoms with E-state index in [4.69, 9.17) is 5.11 Å². The summed E-state index contributed by atoms with van der Waals surface area (Å²) >= 11 is 0. The third-order valence-corrected chi connectivity index (χ3v) is 2.70. The molecule has 0 fully saturated rings. The first kappa shape index (κ1) is 11.3. The lowest BCUT2D eigenvalue weighted by atomic mass is 9.98. The molecule has 0 aliphatic heterocycles. The van der Waals surface area contributed by atoms with Crippen molar-refractivity contribution in [2.45, 2.75) is 12.8 Å². The summed E-state index contributed by atoms with van der Waals surface area (Å²) in [6.45, 7) is 1.67. The molecule has 0 spiro atoms. The number of hydrogen-bond donors (Lipinski definition) is 1. The van der Waals surface area contributed by atoms with Gasteiger partial charge in [0.2, 0.25) is 0 Å². The molecule has 0 bridgehead atoms. The van der Waals surface area contributed by atoms with Gasteiger partial charge in [-0.15, -0.1) is 0 Å². The average molecular weight is 228 g/mol. The van der Waals surface area contributed by atoms with Crippen LogP contribution in [0.1, 0.15) is 18.4 Å². The van der Waals surface area contributed by atoms with Crippen molar-refractivity contribution in [2.75, 3.05) is 0 Å². The van der Waals surface area contributed by atoms with Crippen molar-refractivity contribution < 1.29 is 9.90 Å². The van der Waals surface area contributed by atoms with E-state index in [9.17, 15) is 4.79 Å². The van der Waals surface area contributed by atoms with Crippen molar-refractivity contribution in [1.82, 2.24) is 10.2 Å². The lowest BCUT2D eigenvalue weighted by Gasteiger charge is -2.07. The molecule has 4 heteroatoms. The van der Waals surface area contributed by atoms with Gasteiger partial charge in [0.15, 0.2) is 0 Å². The number of benzene rings is 1. The molecule has 1 heterocycles. The number of carboxylic acid groups (broad SMARTS) is 1. The number of nitrogens with zero attached hydrogens (tertiary/aromatic N) is 2. The highest BCUT2D eigenvalue weighted by Gasteiger charge is 2.13. The van der Waals surface area contributed by atoms with E-state index in [0.717, 1.165) is 16.7 Å². The maximum Gasteiger partial charge on any atom is 0.310 e. The van der Waals surface area contributed by atoms with E-state index in [1.54, 1.807) is 19.3 Å².